The molecule has 1 aromatic carbocycles. The number of aliphatic hydroxyl groups excluding tert-OH is 1. The Morgan fingerprint density at radius 1 is 1.27 bits per heavy atom. The lowest BCUT2D eigenvalue weighted by Crippen LogP contribution is -2.58. The van der Waals surface area contributed by atoms with Crippen LogP contribution in [0.3, 0.4) is 0 Å². The molecule has 6 atom stereocenters. The Kier molecular flexibility index (Phi) is 7.66. The number of ether oxygens (including phenoxy) is 2. The van der Waals surface area contributed by atoms with Crippen LogP contribution in [0.2, 0.25) is 5.02 Å². The molecule has 3 aliphatic rings. The number of allylic oxidation sites excluding steroid dienone is 3. The topological polar surface area (TPSA) is 108 Å². The molecule has 9 heteroatoms. The molecule has 0 spiro atoms. The van der Waals surface area contributed by atoms with Crippen LogP contribution in [0.1, 0.15) is 52.0 Å². The van der Waals surface area contributed by atoms with Crippen molar-refractivity contribution in [1.82, 2.24) is 5.32 Å². The van der Waals surface area contributed by atoms with Gasteiger partial charge in [-0.2, -0.15) is 0 Å². The lowest BCUT2D eigenvalue weighted by molar-refractivity contribution is -0.119. The van der Waals surface area contributed by atoms with E-state index in [0.29, 0.717) is 29.3 Å². The first kappa shape index (κ1) is 27.5. The van der Waals surface area contributed by atoms with Gasteiger partial charge in [0.05, 0.1) is 18.9 Å². The second-order valence-electron chi connectivity index (χ2n) is 11.1. The third-order valence-corrected chi connectivity index (χ3v) is 8.64. The largest absolute Gasteiger partial charge is 0.495 e. The Hall–Kier alpha value is -2.55. The summed E-state index contributed by atoms with van der Waals surface area (Å²) in [6, 6.07) is 3.77. The minimum Gasteiger partial charge on any atom is -0.495 e. The molecule has 2 aliphatic heterocycles. The van der Waals surface area contributed by atoms with Crippen molar-refractivity contribution in [3.8, 4) is 5.75 Å². The molecule has 0 aromatic heterocycles. The van der Waals surface area contributed by atoms with E-state index in [1.165, 1.54) is 0 Å². The smallest absolute Gasteiger partial charge is 0.409 e. The first-order valence-electron chi connectivity index (χ1n) is 12.7. The monoisotopic (exact) mass is 532 g/mol. The van der Waals surface area contributed by atoms with Crippen LogP contribution >= 0.6 is 11.6 Å². The lowest BCUT2D eigenvalue weighted by Gasteiger charge is -2.41. The second-order valence-corrected chi connectivity index (χ2v) is 11.5. The molecule has 202 valence electrons. The van der Waals surface area contributed by atoms with E-state index in [9.17, 15) is 19.8 Å². The van der Waals surface area contributed by atoms with Crippen LogP contribution in [0.4, 0.5) is 10.5 Å². The molecular formula is C28H37ClN2O6. The minimum absolute atomic E-state index is 0.0322. The molecule has 4 bridgehead atoms. The number of hydrogen-bond donors (Lipinski definition) is 3. The van der Waals surface area contributed by atoms with Gasteiger partial charge in [0.1, 0.15) is 22.6 Å². The number of nitrogens with one attached hydrogen (secondary N) is 1. The maximum Gasteiger partial charge on any atom is 0.409 e. The summed E-state index contributed by atoms with van der Waals surface area (Å²) in [5, 5.41) is 25.3. The molecule has 1 saturated heterocycles. The summed E-state index contributed by atoms with van der Waals surface area (Å²) in [4.78, 5) is 27.2. The summed E-state index contributed by atoms with van der Waals surface area (Å²) >= 11 is 6.61. The molecular weight excluding hydrogens is 496 g/mol. The van der Waals surface area contributed by atoms with E-state index in [0.717, 1.165) is 11.1 Å². The third kappa shape index (κ3) is 5.66. The Labute approximate surface area is 223 Å². The molecule has 1 aliphatic carbocycles. The van der Waals surface area contributed by atoms with E-state index in [2.05, 4.69) is 5.32 Å². The van der Waals surface area contributed by atoms with Gasteiger partial charge in [-0.15, -0.1) is 0 Å². The maximum absolute atomic E-state index is 13.3. The number of rotatable bonds is 1. The Morgan fingerprint density at radius 3 is 2.70 bits per heavy atom. The standard InChI is InChI=1S/C28H37ClN2O6/c1-16-8-6-7-9-28(35)15-22(37-26(34)30-28)17(2)25(33)27(3)14-19(27)13-23(32)31(4)20-11-18(10-16)12-21(36-5)24(20)29/h6-8,11-12,17,19,22,25,33,35H,9-10,13-15H2,1-5H3,(H,30,34)/b7-6+,16-8+. The predicted molar refractivity (Wildman–Crippen MR) is 142 cm³/mol. The molecule has 4 rings (SSSR count). The molecule has 6 unspecified atom stereocenters. The average molecular weight is 533 g/mol. The highest BCUT2D eigenvalue weighted by molar-refractivity contribution is 6.35. The fourth-order valence-electron chi connectivity index (χ4n) is 5.65. The van der Waals surface area contributed by atoms with Gasteiger partial charge in [0.2, 0.25) is 5.91 Å². The van der Waals surface area contributed by atoms with Crippen molar-refractivity contribution >= 4 is 29.3 Å². The lowest BCUT2D eigenvalue weighted by atomic mass is 9.81. The molecule has 8 nitrogen and oxygen atoms in total. The number of nitrogens with zero attached hydrogens (tertiary/aromatic N) is 1. The van der Waals surface area contributed by atoms with Crippen molar-refractivity contribution in [2.75, 3.05) is 19.1 Å². The summed E-state index contributed by atoms with van der Waals surface area (Å²) < 4.78 is 11.0. The van der Waals surface area contributed by atoms with Crippen LogP contribution in [0.15, 0.2) is 35.9 Å². The molecule has 2 fully saturated rings. The van der Waals surface area contributed by atoms with E-state index in [1.807, 2.05) is 45.1 Å². The maximum atomic E-state index is 13.3. The minimum atomic E-state index is -1.48. The van der Waals surface area contributed by atoms with Crippen molar-refractivity contribution in [1.29, 1.82) is 0 Å². The molecule has 2 amide bonds. The zero-order valence-electron chi connectivity index (χ0n) is 22.1. The van der Waals surface area contributed by atoms with Crippen LogP contribution in [-0.2, 0) is 16.0 Å². The number of carbonyl (C=O) groups excluding carboxylic acids is 2. The number of amides is 2. The highest BCUT2D eigenvalue weighted by atomic mass is 35.5. The average Bonchev–Trinajstić information content (AvgIpc) is 3.50. The molecule has 2 heterocycles. The highest BCUT2D eigenvalue weighted by Crippen LogP contribution is 2.59. The van der Waals surface area contributed by atoms with E-state index < -0.39 is 35.4 Å². The SMILES string of the molecule is COc1cc2cc(c1Cl)N(C)C(=O)CC1CC1(C)C(O)C(C)C1CC(O)(C/C=C/C=C(\C)C2)NC(=O)O1. The van der Waals surface area contributed by atoms with Gasteiger partial charge in [0.25, 0.3) is 0 Å². The number of benzene rings is 1. The van der Waals surface area contributed by atoms with Crippen LogP contribution in [0, 0.1) is 17.3 Å². The van der Waals surface area contributed by atoms with Crippen molar-refractivity contribution < 1.29 is 29.3 Å². The van der Waals surface area contributed by atoms with Crippen molar-refractivity contribution in [2.45, 2.75) is 70.8 Å². The molecule has 3 N–H and O–H groups in total. The third-order valence-electron chi connectivity index (χ3n) is 8.26. The predicted octanol–water partition coefficient (Wildman–Crippen LogP) is 4.36. The van der Waals surface area contributed by atoms with Crippen LogP contribution in [0.5, 0.6) is 5.75 Å². The Balaban J connectivity index is 1.69. The molecule has 1 aromatic rings. The quantitative estimate of drug-likeness (QED) is 0.496. The van der Waals surface area contributed by atoms with Gasteiger partial charge in [-0.1, -0.05) is 49.2 Å². The van der Waals surface area contributed by atoms with Gasteiger partial charge >= 0.3 is 6.09 Å². The molecule has 37 heavy (non-hydrogen) atoms. The van der Waals surface area contributed by atoms with Crippen molar-refractivity contribution in [3.63, 3.8) is 0 Å². The fraction of sp³-hybridized carbons (Fsp3) is 0.571. The molecule has 1 saturated carbocycles. The number of carbonyl (C=O) groups is 2. The number of aliphatic hydroxyl groups is 2. The number of hydrogen-bond acceptors (Lipinski definition) is 6. The van der Waals surface area contributed by atoms with E-state index in [-0.39, 0.29) is 31.1 Å². The number of alkyl carbamates (subject to hydrolysis) is 1. The zero-order chi connectivity index (χ0) is 27.1. The van der Waals surface area contributed by atoms with Gasteiger partial charge in [0.15, 0.2) is 0 Å². The zero-order valence-corrected chi connectivity index (χ0v) is 22.8. The first-order valence-corrected chi connectivity index (χ1v) is 13.1. The number of anilines is 1. The Morgan fingerprint density at radius 2 is 2.00 bits per heavy atom. The van der Waals surface area contributed by atoms with Crippen molar-refractivity contribution in [2.24, 2.45) is 17.3 Å². The van der Waals surface area contributed by atoms with Gasteiger partial charge in [-0.3, -0.25) is 10.1 Å². The van der Waals surface area contributed by atoms with E-state index in [1.54, 1.807) is 25.1 Å². The summed E-state index contributed by atoms with van der Waals surface area (Å²) in [5.41, 5.74) is 0.585. The van der Waals surface area contributed by atoms with Gasteiger partial charge in [0, 0.05) is 32.2 Å². The fourth-order valence-corrected chi connectivity index (χ4v) is 5.96. The van der Waals surface area contributed by atoms with E-state index >= 15 is 0 Å². The molecule has 0 radical (unpaired) electrons. The van der Waals surface area contributed by atoms with Gasteiger partial charge in [-0.05, 0) is 48.8 Å². The number of fused-ring (bicyclic) bond motifs is 5. The second kappa shape index (κ2) is 10.3. The van der Waals surface area contributed by atoms with Crippen LogP contribution < -0.4 is 15.0 Å². The number of methoxy groups -OCH3 is 1. The Bertz CT molecular complexity index is 1140. The summed E-state index contributed by atoms with van der Waals surface area (Å²) in [7, 11) is 3.25. The number of halogens is 1. The van der Waals surface area contributed by atoms with Gasteiger partial charge in [-0.25, -0.2) is 4.79 Å². The van der Waals surface area contributed by atoms with Crippen molar-refractivity contribution in [3.05, 3.63) is 46.5 Å². The highest BCUT2D eigenvalue weighted by Gasteiger charge is 2.58. The normalized spacial score (nSPS) is 37.0. The van der Waals surface area contributed by atoms with Crippen LogP contribution in [0.25, 0.3) is 0 Å². The summed E-state index contributed by atoms with van der Waals surface area (Å²) in [5.74, 6) is -0.0708. The van der Waals surface area contributed by atoms with Gasteiger partial charge < -0.3 is 24.6 Å². The first-order chi connectivity index (χ1) is 17.4. The van der Waals surface area contributed by atoms with Crippen LogP contribution in [-0.4, -0.2) is 54.3 Å². The summed E-state index contributed by atoms with van der Waals surface area (Å²) in [6.07, 6.45) is 5.28. The van der Waals surface area contributed by atoms with E-state index in [4.69, 9.17) is 21.1 Å². The summed E-state index contributed by atoms with van der Waals surface area (Å²) in [6.45, 7) is 5.77.